The molecule has 1 aromatic carbocycles. The molecule has 2 aliphatic heterocycles. The molecule has 0 bridgehead atoms. The van der Waals surface area contributed by atoms with E-state index in [9.17, 15) is 9.59 Å². The lowest BCUT2D eigenvalue weighted by Gasteiger charge is -2.35. The Morgan fingerprint density at radius 1 is 1.26 bits per heavy atom. The van der Waals surface area contributed by atoms with E-state index < -0.39 is 0 Å². The molecule has 10 heteroatoms. The molecular formula is C25H31N7O2S. The normalized spacial score (nSPS) is 19.8. The van der Waals surface area contributed by atoms with Crippen LogP contribution in [0.5, 0.6) is 0 Å². The maximum absolute atomic E-state index is 13.4. The number of carbonyl (C=O) groups excluding carboxylic acids is 2. The smallest absolute Gasteiger partial charge is 0.272 e. The summed E-state index contributed by atoms with van der Waals surface area (Å²) in [6.07, 6.45) is 4.91. The molecule has 9 nitrogen and oxygen atoms in total. The van der Waals surface area contributed by atoms with Crippen molar-refractivity contribution in [3.8, 4) is 6.07 Å². The van der Waals surface area contributed by atoms with Crippen LogP contribution in [-0.2, 0) is 20.0 Å². The number of piperidine rings is 1. The topological polar surface area (TPSA) is 120 Å². The minimum atomic E-state index is -0.287. The minimum Gasteiger partial charge on any atom is -0.347 e. The molecule has 2 aromatic rings. The van der Waals surface area contributed by atoms with Crippen molar-refractivity contribution in [3.63, 3.8) is 0 Å². The summed E-state index contributed by atoms with van der Waals surface area (Å²) in [6, 6.07) is 9.48. The quantitative estimate of drug-likeness (QED) is 0.565. The van der Waals surface area contributed by atoms with Gasteiger partial charge in [-0.05, 0) is 49.8 Å². The second kappa shape index (κ2) is 9.64. The van der Waals surface area contributed by atoms with Crippen molar-refractivity contribution in [2.24, 2.45) is 12.8 Å². The number of carbonyl (C=O) groups is 2. The van der Waals surface area contributed by atoms with Crippen molar-refractivity contribution in [2.45, 2.75) is 49.4 Å². The zero-order valence-corrected chi connectivity index (χ0v) is 20.8. The Labute approximate surface area is 209 Å². The standard InChI is InChI=1S/C25H31N7O2S/c1-30-22-20(21(29-30)23(33)28-15-18-4-2-17(14-26)3-5-18)8-11-31(24(22)34)16-25(9-10-25)35-32-12-6-19(27)7-13-32/h2-5,19H,6-13,15-16,27H2,1H3,(H,28,33). The van der Waals surface area contributed by atoms with Gasteiger partial charge < -0.3 is 16.0 Å². The Morgan fingerprint density at radius 3 is 2.63 bits per heavy atom. The number of hydrogen-bond acceptors (Lipinski definition) is 7. The molecule has 2 amide bonds. The van der Waals surface area contributed by atoms with Gasteiger partial charge in [0.05, 0.1) is 11.6 Å². The number of fused-ring (bicyclic) bond motifs is 1. The van der Waals surface area contributed by atoms with Crippen molar-refractivity contribution >= 4 is 23.8 Å². The van der Waals surface area contributed by atoms with Gasteiger partial charge in [0.2, 0.25) is 0 Å². The fourth-order valence-corrected chi connectivity index (χ4v) is 6.31. The second-order valence-corrected chi connectivity index (χ2v) is 11.4. The van der Waals surface area contributed by atoms with E-state index >= 15 is 0 Å². The average Bonchev–Trinajstić information content (AvgIpc) is 3.53. The van der Waals surface area contributed by atoms with Crippen molar-refractivity contribution in [1.29, 1.82) is 5.26 Å². The summed E-state index contributed by atoms with van der Waals surface area (Å²) in [6.45, 7) is 3.67. The third-order valence-electron chi connectivity index (χ3n) is 7.13. The number of amides is 2. The summed E-state index contributed by atoms with van der Waals surface area (Å²) in [5.74, 6) is -0.329. The highest BCUT2D eigenvalue weighted by atomic mass is 32.2. The largest absolute Gasteiger partial charge is 0.347 e. The summed E-state index contributed by atoms with van der Waals surface area (Å²) in [5.41, 5.74) is 9.09. The van der Waals surface area contributed by atoms with Crippen LogP contribution in [0.1, 0.15) is 63.4 Å². The van der Waals surface area contributed by atoms with Gasteiger partial charge in [0.1, 0.15) is 5.69 Å². The Kier molecular flexibility index (Phi) is 6.57. The molecule has 0 spiro atoms. The number of aromatic nitrogens is 2. The van der Waals surface area contributed by atoms with E-state index in [1.54, 1.807) is 23.9 Å². The minimum absolute atomic E-state index is 0.0417. The van der Waals surface area contributed by atoms with Gasteiger partial charge >= 0.3 is 0 Å². The van der Waals surface area contributed by atoms with Crippen molar-refractivity contribution in [3.05, 3.63) is 52.3 Å². The van der Waals surface area contributed by atoms with E-state index in [4.69, 9.17) is 11.0 Å². The molecule has 1 aliphatic carbocycles. The van der Waals surface area contributed by atoms with Crippen LogP contribution < -0.4 is 11.1 Å². The van der Waals surface area contributed by atoms with Gasteiger partial charge in [-0.3, -0.25) is 14.3 Å². The first-order valence-corrected chi connectivity index (χ1v) is 13.0. The molecule has 1 saturated heterocycles. The molecule has 2 fully saturated rings. The lowest BCUT2D eigenvalue weighted by Crippen LogP contribution is -2.44. The summed E-state index contributed by atoms with van der Waals surface area (Å²) < 4.78 is 4.09. The third kappa shape index (κ3) is 5.08. The Bertz CT molecular complexity index is 1160. The van der Waals surface area contributed by atoms with Crippen LogP contribution in [0.25, 0.3) is 0 Å². The third-order valence-corrected chi connectivity index (χ3v) is 8.67. The van der Waals surface area contributed by atoms with Crippen molar-refractivity contribution in [1.82, 2.24) is 24.3 Å². The van der Waals surface area contributed by atoms with E-state index in [-0.39, 0.29) is 16.6 Å². The number of nitriles is 1. The predicted molar refractivity (Wildman–Crippen MR) is 133 cm³/mol. The second-order valence-electron chi connectivity index (χ2n) is 9.81. The number of nitrogens with two attached hydrogens (primary N) is 1. The fraction of sp³-hybridized carbons (Fsp3) is 0.520. The number of aryl methyl sites for hydroxylation is 1. The van der Waals surface area contributed by atoms with Crippen LogP contribution in [0, 0.1) is 11.3 Å². The molecule has 1 saturated carbocycles. The van der Waals surface area contributed by atoms with Gasteiger partial charge in [0, 0.05) is 56.1 Å². The van der Waals surface area contributed by atoms with Crippen LogP contribution >= 0.6 is 11.9 Å². The highest BCUT2D eigenvalue weighted by molar-refractivity contribution is 7.98. The van der Waals surface area contributed by atoms with Gasteiger partial charge in [0.25, 0.3) is 11.8 Å². The van der Waals surface area contributed by atoms with Gasteiger partial charge in [-0.15, -0.1) is 0 Å². The predicted octanol–water partition coefficient (Wildman–Crippen LogP) is 1.82. The molecule has 1 aromatic heterocycles. The van der Waals surface area contributed by atoms with Crippen LogP contribution in [-0.4, -0.2) is 67.8 Å². The van der Waals surface area contributed by atoms with Crippen LogP contribution in [0.4, 0.5) is 0 Å². The molecule has 5 rings (SSSR count). The van der Waals surface area contributed by atoms with Gasteiger partial charge in [-0.25, -0.2) is 4.31 Å². The van der Waals surface area contributed by atoms with E-state index in [1.165, 1.54) is 0 Å². The Hall–Kier alpha value is -2.87. The van der Waals surface area contributed by atoms with E-state index in [1.807, 2.05) is 29.0 Å². The zero-order valence-electron chi connectivity index (χ0n) is 20.0. The molecule has 35 heavy (non-hydrogen) atoms. The maximum Gasteiger partial charge on any atom is 0.272 e. The van der Waals surface area contributed by atoms with Crippen molar-refractivity contribution < 1.29 is 9.59 Å². The SMILES string of the molecule is Cn1nc(C(=O)NCc2ccc(C#N)cc2)c2c1C(=O)N(CC1(SN3CCC(N)CC3)CC1)CC2. The first-order valence-electron chi connectivity index (χ1n) is 12.2. The number of benzene rings is 1. The number of nitrogens with one attached hydrogen (secondary N) is 1. The molecule has 3 aliphatic rings. The number of nitrogens with zero attached hydrogens (tertiary/aromatic N) is 5. The van der Waals surface area contributed by atoms with Gasteiger partial charge in [-0.1, -0.05) is 24.1 Å². The molecule has 3 heterocycles. The number of rotatable bonds is 7. The summed E-state index contributed by atoms with van der Waals surface area (Å²) >= 11 is 1.91. The summed E-state index contributed by atoms with van der Waals surface area (Å²) in [4.78, 5) is 28.3. The van der Waals surface area contributed by atoms with Crippen LogP contribution in [0.2, 0.25) is 0 Å². The highest BCUT2D eigenvalue weighted by Crippen LogP contribution is 2.51. The zero-order chi connectivity index (χ0) is 24.6. The van der Waals surface area contributed by atoms with E-state index in [2.05, 4.69) is 20.8 Å². The number of hydrogen-bond donors (Lipinski definition) is 2. The lowest BCUT2D eigenvalue weighted by atomic mass is 10.0. The lowest BCUT2D eigenvalue weighted by molar-refractivity contribution is 0.0725. The Balaban J connectivity index is 1.23. The van der Waals surface area contributed by atoms with E-state index in [0.717, 1.165) is 56.4 Å². The summed E-state index contributed by atoms with van der Waals surface area (Å²) in [5, 5.41) is 16.2. The van der Waals surface area contributed by atoms with Crippen LogP contribution in [0.3, 0.4) is 0 Å². The van der Waals surface area contributed by atoms with Gasteiger partial charge in [-0.2, -0.15) is 10.4 Å². The average molecular weight is 494 g/mol. The molecular weight excluding hydrogens is 462 g/mol. The molecule has 184 valence electrons. The first-order chi connectivity index (χ1) is 16.9. The van der Waals surface area contributed by atoms with Crippen LogP contribution in [0.15, 0.2) is 24.3 Å². The van der Waals surface area contributed by atoms with Crippen molar-refractivity contribution in [2.75, 3.05) is 26.2 Å². The molecule has 0 radical (unpaired) electrons. The Morgan fingerprint density at radius 2 is 1.97 bits per heavy atom. The first kappa shape index (κ1) is 23.9. The highest BCUT2D eigenvalue weighted by Gasteiger charge is 2.48. The molecule has 0 unspecified atom stereocenters. The molecule has 3 N–H and O–H groups in total. The maximum atomic E-state index is 13.4. The monoisotopic (exact) mass is 493 g/mol. The summed E-state index contributed by atoms with van der Waals surface area (Å²) in [7, 11) is 1.73. The van der Waals surface area contributed by atoms with E-state index in [0.29, 0.717) is 42.5 Å². The fourth-order valence-electron chi connectivity index (χ4n) is 4.87. The van der Waals surface area contributed by atoms with Gasteiger partial charge in [0.15, 0.2) is 5.69 Å². The molecule has 0 atom stereocenters.